The van der Waals surface area contributed by atoms with Gasteiger partial charge in [-0.3, -0.25) is 0 Å². The third-order valence-corrected chi connectivity index (χ3v) is 3.53. The molecule has 0 aromatic heterocycles. The third-order valence-electron chi connectivity index (χ3n) is 3.53. The van der Waals surface area contributed by atoms with E-state index in [4.69, 9.17) is 14.0 Å². The molecule has 2 aliphatic heterocycles. The van der Waals surface area contributed by atoms with Crippen molar-refractivity contribution in [1.82, 2.24) is 0 Å². The second kappa shape index (κ2) is 3.22. The lowest BCUT2D eigenvalue weighted by atomic mass is 9.76. The van der Waals surface area contributed by atoms with Gasteiger partial charge < -0.3 is 14.0 Å². The van der Waals surface area contributed by atoms with Crippen molar-refractivity contribution in [2.24, 2.45) is 5.92 Å². The van der Waals surface area contributed by atoms with E-state index in [1.165, 1.54) is 0 Å². The summed E-state index contributed by atoms with van der Waals surface area (Å²) in [4.78, 5) is 0. The van der Waals surface area contributed by atoms with Crippen molar-refractivity contribution < 1.29 is 14.0 Å². The number of hydrogen-bond acceptors (Lipinski definition) is 3. The highest BCUT2D eigenvalue weighted by Gasteiger charge is 2.51. The predicted molar refractivity (Wildman–Crippen MR) is 55.2 cm³/mol. The summed E-state index contributed by atoms with van der Waals surface area (Å²) in [6.07, 6.45) is 0.965. The van der Waals surface area contributed by atoms with Crippen molar-refractivity contribution in [2.45, 2.75) is 45.2 Å². The normalized spacial score (nSPS) is 30.4. The van der Waals surface area contributed by atoms with Gasteiger partial charge in [0.05, 0.1) is 24.4 Å². The summed E-state index contributed by atoms with van der Waals surface area (Å²) in [6, 6.07) is 0. The minimum Gasteiger partial charge on any atom is -0.403 e. The minimum atomic E-state index is -0.192. The van der Waals surface area contributed by atoms with Gasteiger partial charge in [0.15, 0.2) is 0 Å². The molecule has 0 aromatic carbocycles. The molecule has 14 heavy (non-hydrogen) atoms. The molecule has 80 valence electrons. The highest BCUT2D eigenvalue weighted by molar-refractivity contribution is 6.45. The van der Waals surface area contributed by atoms with Crippen LogP contribution in [0.3, 0.4) is 0 Å². The van der Waals surface area contributed by atoms with Crippen LogP contribution >= 0.6 is 0 Å². The van der Waals surface area contributed by atoms with Gasteiger partial charge in [-0.15, -0.1) is 0 Å². The average molecular weight is 198 g/mol. The van der Waals surface area contributed by atoms with Crippen molar-refractivity contribution in [1.29, 1.82) is 0 Å². The second-order valence-corrected chi connectivity index (χ2v) is 5.33. The van der Waals surface area contributed by atoms with Crippen LogP contribution in [0.4, 0.5) is 0 Å². The van der Waals surface area contributed by atoms with E-state index in [9.17, 15) is 0 Å². The van der Waals surface area contributed by atoms with Gasteiger partial charge >= 0.3 is 7.12 Å². The molecule has 0 aromatic rings. The fourth-order valence-electron chi connectivity index (χ4n) is 1.75. The molecule has 4 heteroatoms. The van der Waals surface area contributed by atoms with Crippen LogP contribution in [-0.4, -0.2) is 31.5 Å². The molecule has 2 fully saturated rings. The quantitative estimate of drug-likeness (QED) is 0.632. The summed E-state index contributed by atoms with van der Waals surface area (Å²) < 4.78 is 16.9. The summed E-state index contributed by atoms with van der Waals surface area (Å²) in [5.74, 6) is 0.629. The summed E-state index contributed by atoms with van der Waals surface area (Å²) in [5, 5.41) is 0. The van der Waals surface area contributed by atoms with Gasteiger partial charge in [-0.05, 0) is 34.0 Å². The summed E-state index contributed by atoms with van der Waals surface area (Å²) in [7, 11) is -0.0473. The van der Waals surface area contributed by atoms with E-state index >= 15 is 0 Å². The maximum atomic E-state index is 5.89. The largest absolute Gasteiger partial charge is 0.458 e. The van der Waals surface area contributed by atoms with Gasteiger partial charge in [-0.2, -0.15) is 0 Å². The summed E-state index contributed by atoms with van der Waals surface area (Å²) in [6.45, 7) is 10.1. The Hall–Kier alpha value is -0.0551. The van der Waals surface area contributed by atoms with Gasteiger partial charge in [0, 0.05) is 5.92 Å². The van der Waals surface area contributed by atoms with E-state index in [1.807, 2.05) is 0 Å². The molecular formula is C10H19BO3. The molecule has 2 aliphatic rings. The number of hydrogen-bond donors (Lipinski definition) is 0. The van der Waals surface area contributed by atoms with Crippen molar-refractivity contribution in [3.05, 3.63) is 0 Å². The zero-order valence-electron chi connectivity index (χ0n) is 9.50. The van der Waals surface area contributed by atoms with Gasteiger partial charge in [-0.25, -0.2) is 0 Å². The molecule has 2 saturated heterocycles. The molecule has 3 nitrogen and oxygen atoms in total. The molecule has 0 atom stereocenters. The molecule has 0 bridgehead atoms. The van der Waals surface area contributed by atoms with E-state index in [1.54, 1.807) is 0 Å². The maximum absolute atomic E-state index is 5.89. The van der Waals surface area contributed by atoms with Crippen molar-refractivity contribution >= 4 is 7.12 Å². The zero-order chi connectivity index (χ0) is 10.4. The van der Waals surface area contributed by atoms with Gasteiger partial charge in [0.2, 0.25) is 0 Å². The van der Waals surface area contributed by atoms with E-state index in [0.717, 1.165) is 19.5 Å². The topological polar surface area (TPSA) is 27.7 Å². The van der Waals surface area contributed by atoms with Crippen molar-refractivity contribution in [2.75, 3.05) is 13.2 Å². The molecule has 0 N–H and O–H groups in total. The van der Waals surface area contributed by atoms with Gasteiger partial charge in [-0.1, -0.05) is 0 Å². The molecule has 0 unspecified atom stereocenters. The van der Waals surface area contributed by atoms with Crippen LogP contribution in [0.1, 0.15) is 27.7 Å². The van der Waals surface area contributed by atoms with Gasteiger partial charge in [0.1, 0.15) is 0 Å². The van der Waals surface area contributed by atoms with E-state index in [2.05, 4.69) is 27.7 Å². The highest BCUT2D eigenvalue weighted by Crippen LogP contribution is 2.39. The Morgan fingerprint density at radius 1 is 1.07 bits per heavy atom. The first-order chi connectivity index (χ1) is 6.41. The number of rotatable bonds is 2. The fourth-order valence-corrected chi connectivity index (χ4v) is 1.75. The maximum Gasteiger partial charge on any atom is 0.458 e. The Bertz CT molecular complexity index is 207. The van der Waals surface area contributed by atoms with Crippen LogP contribution in [-0.2, 0) is 14.0 Å². The van der Waals surface area contributed by atoms with E-state index < -0.39 is 0 Å². The van der Waals surface area contributed by atoms with Crippen LogP contribution in [0, 0.1) is 5.92 Å². The Morgan fingerprint density at radius 2 is 1.57 bits per heavy atom. The molecule has 0 amide bonds. The lowest BCUT2D eigenvalue weighted by Gasteiger charge is -2.32. The standard InChI is InChI=1S/C10H19BO3/c1-9(2)10(3,4)14-11(13-9)5-8-6-12-7-8/h8H,5-7H2,1-4H3. The molecule has 0 radical (unpaired) electrons. The van der Waals surface area contributed by atoms with Gasteiger partial charge in [0.25, 0.3) is 0 Å². The number of ether oxygens (including phenoxy) is 1. The molecule has 2 rings (SSSR count). The Kier molecular flexibility index (Phi) is 2.41. The molecule has 0 saturated carbocycles. The molecule has 0 aliphatic carbocycles. The van der Waals surface area contributed by atoms with Crippen molar-refractivity contribution in [3.63, 3.8) is 0 Å². The predicted octanol–water partition coefficient (Wildman–Crippen LogP) is 1.72. The SMILES string of the molecule is CC1(C)OB(CC2COC2)OC1(C)C. The van der Waals surface area contributed by atoms with Crippen LogP contribution in [0.25, 0.3) is 0 Å². The Morgan fingerprint density at radius 3 is 1.93 bits per heavy atom. The summed E-state index contributed by atoms with van der Waals surface area (Å²) >= 11 is 0. The van der Waals surface area contributed by atoms with Crippen LogP contribution < -0.4 is 0 Å². The van der Waals surface area contributed by atoms with E-state index in [0.29, 0.717) is 5.92 Å². The Balaban J connectivity index is 1.92. The third kappa shape index (κ3) is 1.71. The van der Waals surface area contributed by atoms with Crippen molar-refractivity contribution in [3.8, 4) is 0 Å². The first-order valence-electron chi connectivity index (χ1n) is 5.34. The fraction of sp³-hybridized carbons (Fsp3) is 1.00. The Labute approximate surface area is 86.2 Å². The average Bonchev–Trinajstić information content (AvgIpc) is 2.13. The molecule has 0 spiro atoms. The zero-order valence-corrected chi connectivity index (χ0v) is 9.50. The highest BCUT2D eigenvalue weighted by atomic mass is 16.7. The smallest absolute Gasteiger partial charge is 0.403 e. The lowest BCUT2D eigenvalue weighted by Crippen LogP contribution is -2.41. The van der Waals surface area contributed by atoms with Crippen LogP contribution in [0.15, 0.2) is 0 Å². The van der Waals surface area contributed by atoms with Crippen LogP contribution in [0.5, 0.6) is 0 Å². The molecule has 2 heterocycles. The first kappa shape index (κ1) is 10.5. The molecular weight excluding hydrogens is 179 g/mol. The van der Waals surface area contributed by atoms with E-state index in [-0.39, 0.29) is 18.3 Å². The second-order valence-electron chi connectivity index (χ2n) is 5.33. The first-order valence-corrected chi connectivity index (χ1v) is 5.34. The summed E-state index contributed by atoms with van der Waals surface area (Å²) in [5.41, 5.74) is -0.384. The lowest BCUT2D eigenvalue weighted by molar-refractivity contribution is -0.0251. The minimum absolute atomic E-state index is 0.0473. The van der Waals surface area contributed by atoms with Crippen LogP contribution in [0.2, 0.25) is 6.32 Å². The monoisotopic (exact) mass is 198 g/mol.